The molecule has 1 unspecified atom stereocenters. The van der Waals surface area contributed by atoms with Crippen LogP contribution in [0.2, 0.25) is 5.02 Å². The number of nitrogens with zero attached hydrogens (tertiary/aromatic N) is 3. The zero-order valence-electron chi connectivity index (χ0n) is 11.7. The monoisotopic (exact) mass is 319 g/mol. The third-order valence-electron chi connectivity index (χ3n) is 2.87. The Bertz CT molecular complexity index is 714. The summed E-state index contributed by atoms with van der Waals surface area (Å²) in [6, 6.07) is 8.88. The summed E-state index contributed by atoms with van der Waals surface area (Å²) < 4.78 is 0. The van der Waals surface area contributed by atoms with E-state index in [0.717, 1.165) is 0 Å². The molecule has 0 saturated heterocycles. The first kappa shape index (κ1) is 15.6. The van der Waals surface area contributed by atoms with E-state index < -0.39 is 0 Å². The Kier molecular flexibility index (Phi) is 5.05. The molecule has 0 aliphatic heterocycles. The maximum atomic E-state index is 10.1. The first-order valence-electron chi connectivity index (χ1n) is 6.24. The fraction of sp³-hybridized carbons (Fsp3) is 0.133. The number of aromatic nitrogens is 1. The van der Waals surface area contributed by atoms with Crippen LogP contribution in [0.1, 0.15) is 18.2 Å². The number of pyridine rings is 1. The van der Waals surface area contributed by atoms with Crippen LogP contribution < -0.4 is 5.30 Å². The highest BCUT2D eigenvalue weighted by Crippen LogP contribution is 2.22. The topological polar surface area (TPSA) is 57.8 Å². The molecule has 0 spiro atoms. The maximum Gasteiger partial charge on any atom is 0.173 e. The molecular weight excluding hydrogens is 305 g/mol. The minimum Gasteiger partial charge on any atom is -0.507 e. The zero-order valence-corrected chi connectivity index (χ0v) is 13.6. The van der Waals surface area contributed by atoms with E-state index in [2.05, 4.69) is 24.2 Å². The van der Waals surface area contributed by atoms with Crippen LogP contribution in [0.4, 0.5) is 0 Å². The molecule has 0 radical (unpaired) electrons. The fourth-order valence-corrected chi connectivity index (χ4v) is 2.50. The lowest BCUT2D eigenvalue weighted by molar-refractivity contribution is 0.479. The van der Waals surface area contributed by atoms with Crippen LogP contribution in [0.25, 0.3) is 0 Å². The summed E-state index contributed by atoms with van der Waals surface area (Å²) in [4.78, 5) is 12.8. The van der Waals surface area contributed by atoms with Crippen molar-refractivity contribution in [3.05, 3.63) is 52.8 Å². The van der Waals surface area contributed by atoms with Gasteiger partial charge in [-0.3, -0.25) is 9.98 Å². The molecule has 0 aliphatic carbocycles. The minimum absolute atomic E-state index is 0.141. The molecule has 1 N–H and O–H groups in total. The van der Waals surface area contributed by atoms with Crippen molar-refractivity contribution in [1.82, 2.24) is 4.98 Å². The number of benzene rings is 1. The molecular formula is C15H15ClN3OP. The Morgan fingerprint density at radius 2 is 2.10 bits per heavy atom. The van der Waals surface area contributed by atoms with Crippen molar-refractivity contribution < 1.29 is 5.11 Å². The summed E-state index contributed by atoms with van der Waals surface area (Å²) in [5.41, 5.74) is 1.86. The molecule has 0 aliphatic rings. The van der Waals surface area contributed by atoms with E-state index in [1.807, 2.05) is 18.2 Å². The van der Waals surface area contributed by atoms with Crippen LogP contribution in [-0.4, -0.2) is 28.7 Å². The summed E-state index contributed by atoms with van der Waals surface area (Å²) in [7, 11) is 4.10. The summed E-state index contributed by atoms with van der Waals surface area (Å²) in [5, 5.41) is 11.3. The van der Waals surface area contributed by atoms with Gasteiger partial charge in [0, 0.05) is 29.1 Å². The Morgan fingerprint density at radius 1 is 1.33 bits per heavy atom. The van der Waals surface area contributed by atoms with Crippen molar-refractivity contribution in [3.8, 4) is 5.75 Å². The Balaban J connectivity index is 2.46. The van der Waals surface area contributed by atoms with Crippen molar-refractivity contribution >= 4 is 37.7 Å². The van der Waals surface area contributed by atoms with Gasteiger partial charge in [-0.05, 0) is 31.2 Å². The van der Waals surface area contributed by atoms with Gasteiger partial charge in [-0.1, -0.05) is 17.7 Å². The van der Waals surface area contributed by atoms with E-state index in [-0.39, 0.29) is 5.75 Å². The molecule has 0 fully saturated rings. The second-order valence-electron chi connectivity index (χ2n) is 4.35. The van der Waals surface area contributed by atoms with Gasteiger partial charge in [-0.25, -0.2) is 4.99 Å². The fourth-order valence-electron chi connectivity index (χ4n) is 1.83. The lowest BCUT2D eigenvalue weighted by atomic mass is 10.1. The number of hydrogen-bond donors (Lipinski definition) is 1. The normalized spacial score (nSPS) is 12.6. The Morgan fingerprint density at radius 3 is 2.71 bits per heavy atom. The third kappa shape index (κ3) is 3.66. The number of rotatable bonds is 2. The van der Waals surface area contributed by atoms with Gasteiger partial charge in [0.1, 0.15) is 11.4 Å². The highest BCUT2D eigenvalue weighted by atomic mass is 35.5. The number of aromatic hydroxyl groups is 1. The standard InChI is InChI=1S/C15H15ClN3OP/c1-9(11-7-10(16)8-13(21)14(11)20)19-15(17-2)12-5-3-4-6-18-12/h3-8,20H,21H2,1-2H3. The molecule has 2 rings (SSSR count). The average molecular weight is 320 g/mol. The van der Waals surface area contributed by atoms with Gasteiger partial charge in [-0.15, -0.1) is 9.24 Å². The summed E-state index contributed by atoms with van der Waals surface area (Å²) in [6.07, 6.45) is 1.68. The maximum absolute atomic E-state index is 10.1. The second kappa shape index (κ2) is 6.79. The number of aliphatic imine (C=N–C) groups is 2. The quantitative estimate of drug-likeness (QED) is 0.526. The highest BCUT2D eigenvalue weighted by Gasteiger charge is 2.11. The van der Waals surface area contributed by atoms with E-state index in [4.69, 9.17) is 11.6 Å². The number of amidine groups is 1. The van der Waals surface area contributed by atoms with Crippen LogP contribution in [0.3, 0.4) is 0 Å². The van der Waals surface area contributed by atoms with Crippen LogP contribution in [0.5, 0.6) is 5.75 Å². The van der Waals surface area contributed by atoms with E-state index in [0.29, 0.717) is 33.1 Å². The average Bonchev–Trinajstić information content (AvgIpc) is 2.49. The van der Waals surface area contributed by atoms with Crippen molar-refractivity contribution in [2.45, 2.75) is 6.92 Å². The highest BCUT2D eigenvalue weighted by molar-refractivity contribution is 7.27. The molecule has 1 aromatic carbocycles. The summed E-state index contributed by atoms with van der Waals surface area (Å²) >= 11 is 6.03. The van der Waals surface area contributed by atoms with Gasteiger partial charge in [0.2, 0.25) is 0 Å². The van der Waals surface area contributed by atoms with Gasteiger partial charge in [0.15, 0.2) is 5.84 Å². The molecule has 0 amide bonds. The van der Waals surface area contributed by atoms with E-state index in [1.54, 1.807) is 32.3 Å². The van der Waals surface area contributed by atoms with Gasteiger partial charge in [0.25, 0.3) is 0 Å². The molecule has 1 heterocycles. The Hall–Kier alpha value is -1.77. The van der Waals surface area contributed by atoms with Crippen molar-refractivity contribution in [2.75, 3.05) is 7.05 Å². The molecule has 1 atom stereocenters. The lowest BCUT2D eigenvalue weighted by Crippen LogP contribution is -2.07. The molecule has 108 valence electrons. The zero-order chi connectivity index (χ0) is 15.4. The van der Waals surface area contributed by atoms with Gasteiger partial charge < -0.3 is 5.11 Å². The number of phenols is 1. The van der Waals surface area contributed by atoms with Crippen LogP contribution in [0, 0.1) is 0 Å². The third-order valence-corrected chi connectivity index (χ3v) is 3.53. The van der Waals surface area contributed by atoms with Gasteiger partial charge >= 0.3 is 0 Å². The largest absolute Gasteiger partial charge is 0.507 e. The van der Waals surface area contributed by atoms with Gasteiger partial charge in [0.05, 0.1) is 5.71 Å². The predicted molar refractivity (Wildman–Crippen MR) is 91.4 cm³/mol. The molecule has 1 aromatic heterocycles. The van der Waals surface area contributed by atoms with E-state index in [9.17, 15) is 5.11 Å². The minimum atomic E-state index is 0.141. The number of hydrogen-bond acceptors (Lipinski definition) is 3. The molecule has 0 bridgehead atoms. The van der Waals surface area contributed by atoms with Crippen molar-refractivity contribution in [1.29, 1.82) is 0 Å². The SMILES string of the molecule is CN=C(N=C(C)c1cc(Cl)cc(P)c1O)c1ccccn1. The second-order valence-corrected chi connectivity index (χ2v) is 5.41. The van der Waals surface area contributed by atoms with Crippen LogP contribution >= 0.6 is 20.8 Å². The number of phenolic OH excluding ortho intramolecular Hbond substituents is 1. The summed E-state index contributed by atoms with van der Waals surface area (Å²) in [5.74, 6) is 0.639. The molecule has 6 heteroatoms. The van der Waals surface area contributed by atoms with Crippen LogP contribution in [-0.2, 0) is 0 Å². The first-order chi connectivity index (χ1) is 10.0. The predicted octanol–water partition coefficient (Wildman–Crippen LogP) is 2.83. The summed E-state index contributed by atoms with van der Waals surface area (Å²) in [6.45, 7) is 1.80. The molecule has 21 heavy (non-hydrogen) atoms. The number of halogens is 1. The molecule has 4 nitrogen and oxygen atoms in total. The smallest absolute Gasteiger partial charge is 0.173 e. The van der Waals surface area contributed by atoms with Crippen LogP contribution in [0.15, 0.2) is 46.5 Å². The Labute approximate surface area is 130 Å². The van der Waals surface area contributed by atoms with E-state index >= 15 is 0 Å². The van der Waals surface area contributed by atoms with E-state index in [1.165, 1.54) is 0 Å². The van der Waals surface area contributed by atoms with Crippen molar-refractivity contribution in [2.24, 2.45) is 9.98 Å². The van der Waals surface area contributed by atoms with Crippen molar-refractivity contribution in [3.63, 3.8) is 0 Å². The lowest BCUT2D eigenvalue weighted by Gasteiger charge is -2.08. The molecule has 0 saturated carbocycles. The molecule has 2 aromatic rings. The van der Waals surface area contributed by atoms with Gasteiger partial charge in [-0.2, -0.15) is 0 Å². The first-order valence-corrected chi connectivity index (χ1v) is 7.20.